The average Bonchev–Trinajstić information content (AvgIpc) is 2.70. The van der Waals surface area contributed by atoms with Gasteiger partial charge in [-0.3, -0.25) is 9.78 Å². The van der Waals surface area contributed by atoms with Gasteiger partial charge in [0.2, 0.25) is 5.91 Å². The van der Waals surface area contributed by atoms with Crippen LogP contribution in [0, 0.1) is 0 Å². The van der Waals surface area contributed by atoms with Crippen LogP contribution < -0.4 is 15.1 Å². The molecule has 0 saturated carbocycles. The van der Waals surface area contributed by atoms with Crippen LogP contribution in [0.2, 0.25) is 0 Å². The summed E-state index contributed by atoms with van der Waals surface area (Å²) in [6, 6.07) is 6.27. The number of anilines is 2. The Bertz CT molecular complexity index is 928. The third kappa shape index (κ3) is 3.40. The molecule has 146 valence electrons. The fourth-order valence-electron chi connectivity index (χ4n) is 4.18. The van der Waals surface area contributed by atoms with Crippen LogP contribution in [0.1, 0.15) is 24.0 Å². The van der Waals surface area contributed by atoms with Crippen LogP contribution in [0.4, 0.5) is 16.2 Å². The number of aromatic nitrogens is 1. The second-order valence-electron chi connectivity index (χ2n) is 7.30. The first-order valence-electron chi connectivity index (χ1n) is 9.63. The van der Waals surface area contributed by atoms with Gasteiger partial charge >= 0.3 is 6.09 Å². The molecule has 1 aromatic carbocycles. The summed E-state index contributed by atoms with van der Waals surface area (Å²) in [6.07, 6.45) is 6.11. The predicted molar refractivity (Wildman–Crippen MR) is 108 cm³/mol. The van der Waals surface area contributed by atoms with Gasteiger partial charge < -0.3 is 20.2 Å². The van der Waals surface area contributed by atoms with Crippen LogP contribution in [-0.4, -0.2) is 48.8 Å². The first kappa shape index (κ1) is 18.3. The number of hydrogen-bond acceptors (Lipinski definition) is 4. The molecular weight excluding hydrogens is 356 g/mol. The van der Waals surface area contributed by atoms with Crippen LogP contribution in [0.3, 0.4) is 0 Å². The molecule has 0 bridgehead atoms. The molecule has 2 aromatic rings. The maximum atomic E-state index is 11.9. The Balaban J connectivity index is 1.65. The summed E-state index contributed by atoms with van der Waals surface area (Å²) < 4.78 is 0. The Labute approximate surface area is 164 Å². The first-order valence-corrected chi connectivity index (χ1v) is 9.63. The smallest absolute Gasteiger partial charge is 0.404 e. The quantitative estimate of drug-likeness (QED) is 0.852. The summed E-state index contributed by atoms with van der Waals surface area (Å²) in [4.78, 5) is 31.1. The standard InChI is InChI=1S/C21H24N4O3/c1-24-18-6-4-14(11-15(18)5-7-20(24)26)17-12-22-13-19-16(17)3-2-9-25(19)10-8-23-21(27)28/h4,6,11-13,23H,2-3,5,7-10H2,1H3,(H,27,28). The van der Waals surface area contributed by atoms with Gasteiger partial charge in [-0.2, -0.15) is 0 Å². The van der Waals surface area contributed by atoms with Crippen molar-refractivity contribution < 1.29 is 14.7 Å². The Kier molecular flexibility index (Phi) is 4.90. The van der Waals surface area contributed by atoms with E-state index in [1.165, 1.54) is 11.1 Å². The fourth-order valence-corrected chi connectivity index (χ4v) is 4.18. The maximum Gasteiger partial charge on any atom is 0.404 e. The van der Waals surface area contributed by atoms with Crippen LogP contribution >= 0.6 is 0 Å². The molecule has 0 unspecified atom stereocenters. The van der Waals surface area contributed by atoms with Crippen molar-refractivity contribution in [1.29, 1.82) is 0 Å². The summed E-state index contributed by atoms with van der Waals surface area (Å²) in [7, 11) is 1.83. The average molecular weight is 380 g/mol. The van der Waals surface area contributed by atoms with Gasteiger partial charge in [0.1, 0.15) is 0 Å². The molecule has 7 nitrogen and oxygen atoms in total. The zero-order chi connectivity index (χ0) is 19.7. The third-order valence-corrected chi connectivity index (χ3v) is 5.62. The number of carbonyl (C=O) groups excluding carboxylic acids is 1. The molecule has 0 aliphatic carbocycles. The molecule has 3 heterocycles. The number of pyridine rings is 1. The van der Waals surface area contributed by atoms with Crippen molar-refractivity contribution in [3.8, 4) is 11.1 Å². The number of nitrogens with one attached hydrogen (secondary N) is 1. The highest BCUT2D eigenvalue weighted by atomic mass is 16.4. The molecule has 0 atom stereocenters. The van der Waals surface area contributed by atoms with Gasteiger partial charge in [-0.05, 0) is 48.1 Å². The van der Waals surface area contributed by atoms with E-state index in [1.54, 1.807) is 4.90 Å². The van der Waals surface area contributed by atoms with Crippen LogP contribution in [0.5, 0.6) is 0 Å². The fraction of sp³-hybridized carbons (Fsp3) is 0.381. The monoisotopic (exact) mass is 380 g/mol. The van der Waals surface area contributed by atoms with Crippen molar-refractivity contribution in [1.82, 2.24) is 10.3 Å². The minimum absolute atomic E-state index is 0.157. The van der Waals surface area contributed by atoms with E-state index in [-0.39, 0.29) is 5.91 Å². The SMILES string of the molecule is CN1C(=O)CCc2cc(-c3cncc4c3CCCN4CCNC(=O)O)ccc21. The number of amides is 2. The number of carboxylic acid groups (broad SMARTS) is 1. The van der Waals surface area contributed by atoms with Gasteiger partial charge in [0.05, 0.1) is 11.9 Å². The Morgan fingerprint density at radius 3 is 2.89 bits per heavy atom. The first-order chi connectivity index (χ1) is 13.5. The largest absolute Gasteiger partial charge is 0.465 e. The van der Waals surface area contributed by atoms with E-state index in [1.807, 2.05) is 25.5 Å². The van der Waals surface area contributed by atoms with Crippen LogP contribution in [-0.2, 0) is 17.6 Å². The van der Waals surface area contributed by atoms with Gasteiger partial charge in [0.15, 0.2) is 0 Å². The summed E-state index contributed by atoms with van der Waals surface area (Å²) in [5, 5.41) is 11.2. The van der Waals surface area contributed by atoms with Gasteiger partial charge in [0, 0.05) is 50.6 Å². The van der Waals surface area contributed by atoms with E-state index < -0.39 is 6.09 Å². The van der Waals surface area contributed by atoms with Gasteiger partial charge in [0.25, 0.3) is 0 Å². The van der Waals surface area contributed by atoms with Gasteiger partial charge in [-0.15, -0.1) is 0 Å². The van der Waals surface area contributed by atoms with E-state index >= 15 is 0 Å². The van der Waals surface area contributed by atoms with Crippen molar-refractivity contribution in [2.45, 2.75) is 25.7 Å². The lowest BCUT2D eigenvalue weighted by Crippen LogP contribution is -2.37. The maximum absolute atomic E-state index is 11.9. The Morgan fingerprint density at radius 2 is 2.07 bits per heavy atom. The second-order valence-corrected chi connectivity index (χ2v) is 7.30. The summed E-state index contributed by atoms with van der Waals surface area (Å²) in [5.74, 6) is 0.157. The molecule has 4 rings (SSSR count). The summed E-state index contributed by atoms with van der Waals surface area (Å²) in [5.41, 5.74) is 6.76. The summed E-state index contributed by atoms with van der Waals surface area (Å²) >= 11 is 0. The molecule has 0 saturated heterocycles. The van der Waals surface area contributed by atoms with E-state index in [0.717, 1.165) is 48.3 Å². The normalized spacial score (nSPS) is 15.8. The van der Waals surface area contributed by atoms with E-state index in [9.17, 15) is 9.59 Å². The van der Waals surface area contributed by atoms with Crippen LogP contribution in [0.25, 0.3) is 11.1 Å². The molecule has 2 aliphatic rings. The van der Waals surface area contributed by atoms with Crippen molar-refractivity contribution in [3.05, 3.63) is 41.7 Å². The molecule has 7 heteroatoms. The number of nitrogens with zero attached hydrogens (tertiary/aromatic N) is 3. The highest BCUT2D eigenvalue weighted by Crippen LogP contribution is 2.37. The highest BCUT2D eigenvalue weighted by Gasteiger charge is 2.23. The Hall–Kier alpha value is -3.09. The zero-order valence-electron chi connectivity index (χ0n) is 15.9. The minimum atomic E-state index is -0.999. The molecule has 1 aromatic heterocycles. The van der Waals surface area contributed by atoms with Gasteiger partial charge in [-0.1, -0.05) is 6.07 Å². The van der Waals surface area contributed by atoms with Crippen molar-refractivity contribution in [2.75, 3.05) is 36.5 Å². The number of benzene rings is 1. The molecule has 0 fully saturated rings. The van der Waals surface area contributed by atoms with Gasteiger partial charge in [-0.25, -0.2) is 4.79 Å². The van der Waals surface area contributed by atoms with Crippen molar-refractivity contribution in [2.24, 2.45) is 0 Å². The van der Waals surface area contributed by atoms with E-state index in [2.05, 4.69) is 27.3 Å². The highest BCUT2D eigenvalue weighted by molar-refractivity contribution is 5.96. The molecule has 28 heavy (non-hydrogen) atoms. The molecule has 2 aliphatic heterocycles. The topological polar surface area (TPSA) is 85.8 Å². The second kappa shape index (κ2) is 7.50. The van der Waals surface area contributed by atoms with Crippen molar-refractivity contribution >= 4 is 23.4 Å². The summed E-state index contributed by atoms with van der Waals surface area (Å²) in [6.45, 7) is 1.91. The number of hydrogen-bond donors (Lipinski definition) is 2. The molecule has 2 amide bonds. The van der Waals surface area contributed by atoms with Crippen LogP contribution in [0.15, 0.2) is 30.6 Å². The number of aryl methyl sites for hydroxylation is 1. The lowest BCUT2D eigenvalue weighted by molar-refractivity contribution is -0.118. The van der Waals surface area contributed by atoms with E-state index in [0.29, 0.717) is 19.5 Å². The zero-order valence-corrected chi connectivity index (χ0v) is 15.9. The third-order valence-electron chi connectivity index (χ3n) is 5.62. The van der Waals surface area contributed by atoms with E-state index in [4.69, 9.17) is 5.11 Å². The predicted octanol–water partition coefficient (Wildman–Crippen LogP) is 2.68. The lowest BCUT2D eigenvalue weighted by atomic mass is 9.91. The molecule has 2 N–H and O–H groups in total. The molecule has 0 radical (unpaired) electrons. The number of rotatable bonds is 4. The van der Waals surface area contributed by atoms with Crippen molar-refractivity contribution in [3.63, 3.8) is 0 Å². The number of fused-ring (bicyclic) bond motifs is 2. The Morgan fingerprint density at radius 1 is 1.21 bits per heavy atom. The molecular formula is C21H24N4O3. The minimum Gasteiger partial charge on any atom is -0.465 e. The molecule has 0 spiro atoms. The lowest BCUT2D eigenvalue weighted by Gasteiger charge is -2.32. The number of carbonyl (C=O) groups is 2.